The lowest BCUT2D eigenvalue weighted by Crippen LogP contribution is -2.40. The fraction of sp³-hybridized carbons (Fsp3) is 0.161. The Morgan fingerprint density at radius 3 is 2.39 bits per heavy atom. The van der Waals surface area contributed by atoms with Crippen molar-refractivity contribution in [1.29, 1.82) is 0 Å². The Morgan fingerprint density at radius 1 is 0.889 bits per heavy atom. The van der Waals surface area contributed by atoms with Crippen LogP contribution in [0.1, 0.15) is 38.7 Å². The highest BCUT2D eigenvalue weighted by molar-refractivity contribution is 5.95. The van der Waals surface area contributed by atoms with Crippen molar-refractivity contribution < 1.29 is 14.3 Å². The second-order valence-corrected chi connectivity index (χ2v) is 8.99. The summed E-state index contributed by atoms with van der Waals surface area (Å²) in [6.45, 7) is 2.58. The molecule has 1 atom stereocenters. The van der Waals surface area contributed by atoms with E-state index in [2.05, 4.69) is 30.4 Å². The van der Waals surface area contributed by atoms with Gasteiger partial charge >= 0.3 is 0 Å². The van der Waals surface area contributed by atoms with Gasteiger partial charge < -0.3 is 15.0 Å². The average Bonchev–Trinajstić information content (AvgIpc) is 2.92. The van der Waals surface area contributed by atoms with Gasteiger partial charge in [-0.2, -0.15) is 0 Å². The molecular weight excluding hydrogens is 448 g/mol. The van der Waals surface area contributed by atoms with Gasteiger partial charge in [0.15, 0.2) is 6.61 Å². The minimum absolute atomic E-state index is 0.00122. The zero-order chi connectivity index (χ0) is 24.9. The number of nitrogens with zero attached hydrogens (tertiary/aromatic N) is 1. The smallest absolute Gasteiger partial charge is 0.262 e. The Morgan fingerprint density at radius 2 is 1.64 bits per heavy atom. The van der Waals surface area contributed by atoms with Crippen molar-refractivity contribution in [3.05, 3.63) is 131 Å². The van der Waals surface area contributed by atoms with Crippen LogP contribution in [-0.4, -0.2) is 29.9 Å². The molecule has 5 heteroatoms. The molecule has 4 aromatic rings. The van der Waals surface area contributed by atoms with Gasteiger partial charge in [-0.15, -0.1) is 0 Å². The number of carbonyl (C=O) groups is 2. The zero-order valence-corrected chi connectivity index (χ0v) is 20.2. The highest BCUT2D eigenvalue weighted by atomic mass is 16.5. The number of benzene rings is 4. The van der Waals surface area contributed by atoms with E-state index in [9.17, 15) is 9.59 Å². The van der Waals surface area contributed by atoms with E-state index in [4.69, 9.17) is 4.74 Å². The molecule has 36 heavy (non-hydrogen) atoms. The van der Waals surface area contributed by atoms with Crippen molar-refractivity contribution in [3.8, 4) is 5.75 Å². The largest absolute Gasteiger partial charge is 0.484 e. The third kappa shape index (κ3) is 5.15. The van der Waals surface area contributed by atoms with Crippen LogP contribution >= 0.6 is 0 Å². The molecular formula is C31H28N2O3. The molecule has 5 rings (SSSR count). The van der Waals surface area contributed by atoms with Crippen LogP contribution in [0.25, 0.3) is 0 Å². The molecule has 1 aliphatic heterocycles. The fourth-order valence-electron chi connectivity index (χ4n) is 4.72. The molecule has 0 saturated heterocycles. The maximum absolute atomic E-state index is 13.6. The highest BCUT2D eigenvalue weighted by Crippen LogP contribution is 2.38. The lowest BCUT2D eigenvalue weighted by molar-refractivity contribution is -0.118. The number of hydrogen-bond donors (Lipinski definition) is 1. The maximum atomic E-state index is 13.6. The van der Waals surface area contributed by atoms with E-state index in [1.807, 2.05) is 89.8 Å². The topological polar surface area (TPSA) is 58.6 Å². The third-order valence-corrected chi connectivity index (χ3v) is 6.41. The summed E-state index contributed by atoms with van der Waals surface area (Å²) in [4.78, 5) is 27.9. The van der Waals surface area contributed by atoms with Gasteiger partial charge in [-0.25, -0.2) is 0 Å². The van der Waals surface area contributed by atoms with Crippen LogP contribution in [0.3, 0.4) is 0 Å². The number of rotatable bonds is 6. The zero-order valence-electron chi connectivity index (χ0n) is 20.2. The molecule has 0 radical (unpaired) electrons. The Labute approximate surface area is 211 Å². The standard InChI is InChI=1S/C31H28N2O3/c1-22-9-8-12-25(19-22)30-28-20-27(36-21-29(34)32-26-13-6-3-7-14-26)16-15-23(28)17-18-33(30)31(35)24-10-4-2-5-11-24/h2-16,19-20,30H,17-18,21H2,1H3,(H,32,34)/t30-/m0/s1. The first-order valence-corrected chi connectivity index (χ1v) is 12.1. The van der Waals surface area contributed by atoms with Crippen molar-refractivity contribution in [1.82, 2.24) is 4.90 Å². The summed E-state index contributed by atoms with van der Waals surface area (Å²) in [6, 6.07) is 32.7. The number of nitrogens with one attached hydrogen (secondary N) is 1. The fourth-order valence-corrected chi connectivity index (χ4v) is 4.72. The summed E-state index contributed by atoms with van der Waals surface area (Å²) in [5.74, 6) is 0.375. The van der Waals surface area contributed by atoms with E-state index in [-0.39, 0.29) is 24.5 Å². The number of ether oxygens (including phenoxy) is 1. The van der Waals surface area contributed by atoms with E-state index < -0.39 is 0 Å². The first-order valence-electron chi connectivity index (χ1n) is 12.1. The molecule has 5 nitrogen and oxygen atoms in total. The number of fused-ring (bicyclic) bond motifs is 1. The van der Waals surface area contributed by atoms with Crippen LogP contribution < -0.4 is 10.1 Å². The number of amides is 2. The first-order chi connectivity index (χ1) is 17.6. The summed E-state index contributed by atoms with van der Waals surface area (Å²) in [5, 5.41) is 2.84. The number of para-hydroxylation sites is 1. The van der Waals surface area contributed by atoms with Gasteiger partial charge in [-0.1, -0.05) is 72.3 Å². The van der Waals surface area contributed by atoms with Crippen LogP contribution in [-0.2, 0) is 11.2 Å². The van der Waals surface area contributed by atoms with Crippen LogP contribution in [0.5, 0.6) is 5.75 Å². The van der Waals surface area contributed by atoms with E-state index >= 15 is 0 Å². The highest BCUT2D eigenvalue weighted by Gasteiger charge is 2.33. The SMILES string of the molecule is Cc1cccc([C@H]2c3cc(OCC(=O)Nc4ccccc4)ccc3CCN2C(=O)c2ccccc2)c1. The van der Waals surface area contributed by atoms with Gasteiger partial charge in [-0.3, -0.25) is 9.59 Å². The van der Waals surface area contributed by atoms with Crippen LogP contribution in [0.4, 0.5) is 5.69 Å². The normalized spacial score (nSPS) is 14.6. The molecule has 1 N–H and O–H groups in total. The van der Waals surface area contributed by atoms with Crippen LogP contribution in [0, 0.1) is 6.92 Å². The Hall–Kier alpha value is -4.38. The van der Waals surface area contributed by atoms with Gasteiger partial charge in [0.05, 0.1) is 6.04 Å². The molecule has 0 fully saturated rings. The first kappa shape index (κ1) is 23.4. The molecule has 1 heterocycles. The van der Waals surface area contributed by atoms with E-state index in [0.717, 1.165) is 28.8 Å². The van der Waals surface area contributed by atoms with Crippen molar-refractivity contribution in [3.63, 3.8) is 0 Å². The molecule has 0 unspecified atom stereocenters. The third-order valence-electron chi connectivity index (χ3n) is 6.41. The van der Waals surface area contributed by atoms with Gasteiger partial charge in [0.1, 0.15) is 5.75 Å². The van der Waals surface area contributed by atoms with E-state index in [1.54, 1.807) is 0 Å². The molecule has 1 aliphatic rings. The second-order valence-electron chi connectivity index (χ2n) is 8.99. The average molecular weight is 477 g/mol. The minimum Gasteiger partial charge on any atom is -0.484 e. The summed E-state index contributed by atoms with van der Waals surface area (Å²) >= 11 is 0. The molecule has 0 saturated carbocycles. The monoisotopic (exact) mass is 476 g/mol. The van der Waals surface area contributed by atoms with Crippen molar-refractivity contribution in [2.45, 2.75) is 19.4 Å². The van der Waals surface area contributed by atoms with E-state index in [0.29, 0.717) is 17.9 Å². The lowest BCUT2D eigenvalue weighted by Gasteiger charge is -2.38. The molecule has 4 aromatic carbocycles. The Bertz CT molecular complexity index is 1370. The molecule has 0 spiro atoms. The quantitative estimate of drug-likeness (QED) is 0.383. The van der Waals surface area contributed by atoms with Crippen LogP contribution in [0.2, 0.25) is 0 Å². The number of carbonyl (C=O) groups excluding carboxylic acids is 2. The van der Waals surface area contributed by atoms with E-state index in [1.165, 1.54) is 5.56 Å². The number of aryl methyl sites for hydroxylation is 1. The Balaban J connectivity index is 1.43. The van der Waals surface area contributed by atoms with Crippen molar-refractivity contribution >= 4 is 17.5 Å². The summed E-state index contributed by atoms with van der Waals surface area (Å²) < 4.78 is 5.88. The minimum atomic E-state index is -0.247. The predicted molar refractivity (Wildman–Crippen MR) is 141 cm³/mol. The molecule has 0 bridgehead atoms. The maximum Gasteiger partial charge on any atom is 0.262 e. The van der Waals surface area contributed by atoms with Crippen molar-refractivity contribution in [2.75, 3.05) is 18.5 Å². The van der Waals surface area contributed by atoms with Gasteiger partial charge in [0.25, 0.3) is 11.8 Å². The summed E-state index contributed by atoms with van der Waals surface area (Å²) in [6.07, 6.45) is 0.755. The molecule has 0 aromatic heterocycles. The number of anilines is 1. The van der Waals surface area contributed by atoms with Gasteiger partial charge in [0, 0.05) is 17.8 Å². The number of hydrogen-bond acceptors (Lipinski definition) is 3. The Kier molecular flexibility index (Phi) is 6.80. The second kappa shape index (κ2) is 10.5. The summed E-state index contributed by atoms with van der Waals surface area (Å²) in [5.41, 5.74) is 5.79. The van der Waals surface area contributed by atoms with Gasteiger partial charge in [0.2, 0.25) is 0 Å². The summed E-state index contributed by atoms with van der Waals surface area (Å²) in [7, 11) is 0. The predicted octanol–water partition coefficient (Wildman–Crippen LogP) is 5.80. The van der Waals surface area contributed by atoms with Gasteiger partial charge in [-0.05, 0) is 66.4 Å². The van der Waals surface area contributed by atoms with Crippen LogP contribution in [0.15, 0.2) is 103 Å². The molecule has 2 amide bonds. The molecule has 0 aliphatic carbocycles. The lowest BCUT2D eigenvalue weighted by atomic mass is 9.87. The molecule has 180 valence electrons. The van der Waals surface area contributed by atoms with Crippen molar-refractivity contribution in [2.24, 2.45) is 0 Å².